The Morgan fingerprint density at radius 3 is 2.67 bits per heavy atom. The van der Waals surface area contributed by atoms with Crippen molar-refractivity contribution in [3.63, 3.8) is 0 Å². The Hall–Kier alpha value is -3.36. The molecule has 0 aliphatic carbocycles. The number of benzene rings is 2. The molecule has 1 N–H and O–H groups in total. The van der Waals surface area contributed by atoms with E-state index in [0.29, 0.717) is 28.3 Å². The molecular weight excluding hydrogens is 458 g/mol. The smallest absolute Gasteiger partial charge is 0.234 e. The SMILES string of the molecule is CCOc1ccc(-n2c(SCC(=O)Nc3cccc(Cl)c3C)nnc2-c2cccnc2)cc1. The van der Waals surface area contributed by atoms with Gasteiger partial charge in [-0.2, -0.15) is 0 Å². The minimum atomic E-state index is -0.158. The third-order valence-electron chi connectivity index (χ3n) is 4.83. The van der Waals surface area contributed by atoms with Gasteiger partial charge in [0.2, 0.25) is 5.91 Å². The summed E-state index contributed by atoms with van der Waals surface area (Å²) < 4.78 is 7.47. The molecule has 0 spiro atoms. The lowest BCUT2D eigenvalue weighted by molar-refractivity contribution is -0.113. The number of hydrogen-bond donors (Lipinski definition) is 1. The monoisotopic (exact) mass is 479 g/mol. The number of thioether (sulfide) groups is 1. The van der Waals surface area contributed by atoms with E-state index in [2.05, 4.69) is 20.5 Å². The van der Waals surface area contributed by atoms with Crippen LogP contribution in [-0.4, -0.2) is 38.0 Å². The summed E-state index contributed by atoms with van der Waals surface area (Å²) in [5.41, 5.74) is 3.20. The molecule has 0 aliphatic heterocycles. The second kappa shape index (κ2) is 10.5. The minimum Gasteiger partial charge on any atom is -0.494 e. The molecule has 7 nitrogen and oxygen atoms in total. The molecule has 4 aromatic rings. The molecule has 2 aromatic carbocycles. The third kappa shape index (κ3) is 5.35. The van der Waals surface area contributed by atoms with Crippen LogP contribution in [0.5, 0.6) is 5.75 Å². The number of anilines is 1. The summed E-state index contributed by atoms with van der Waals surface area (Å²) in [5.74, 6) is 1.42. The molecule has 0 saturated carbocycles. The van der Waals surface area contributed by atoms with E-state index in [1.165, 1.54) is 11.8 Å². The second-order valence-corrected chi connectivity index (χ2v) is 8.41. The normalized spacial score (nSPS) is 10.8. The molecule has 9 heteroatoms. The maximum Gasteiger partial charge on any atom is 0.234 e. The van der Waals surface area contributed by atoms with Crippen molar-refractivity contribution < 1.29 is 9.53 Å². The minimum absolute atomic E-state index is 0.158. The van der Waals surface area contributed by atoms with Crippen LogP contribution in [0.2, 0.25) is 5.02 Å². The fraction of sp³-hybridized carbons (Fsp3) is 0.167. The Morgan fingerprint density at radius 2 is 1.94 bits per heavy atom. The van der Waals surface area contributed by atoms with E-state index in [4.69, 9.17) is 16.3 Å². The van der Waals surface area contributed by atoms with Crippen LogP contribution in [0.25, 0.3) is 17.1 Å². The molecule has 4 rings (SSSR count). The van der Waals surface area contributed by atoms with Crippen LogP contribution in [0.1, 0.15) is 12.5 Å². The predicted molar refractivity (Wildman–Crippen MR) is 131 cm³/mol. The maximum absolute atomic E-state index is 12.6. The highest BCUT2D eigenvalue weighted by atomic mass is 35.5. The Balaban J connectivity index is 1.59. The van der Waals surface area contributed by atoms with Gasteiger partial charge in [0.05, 0.1) is 12.4 Å². The first-order valence-corrected chi connectivity index (χ1v) is 11.7. The number of rotatable bonds is 8. The molecule has 2 heterocycles. The quantitative estimate of drug-likeness (QED) is 0.340. The van der Waals surface area contributed by atoms with Gasteiger partial charge in [0, 0.05) is 34.4 Å². The summed E-state index contributed by atoms with van der Waals surface area (Å²) in [7, 11) is 0. The molecule has 0 radical (unpaired) electrons. The number of nitrogens with zero attached hydrogens (tertiary/aromatic N) is 4. The summed E-state index contributed by atoms with van der Waals surface area (Å²) in [6, 6.07) is 16.9. The molecule has 2 aromatic heterocycles. The molecule has 168 valence electrons. The number of carbonyl (C=O) groups excluding carboxylic acids is 1. The molecule has 0 aliphatic rings. The topological polar surface area (TPSA) is 81.9 Å². The number of aromatic nitrogens is 4. The zero-order chi connectivity index (χ0) is 23.2. The van der Waals surface area contributed by atoms with Crippen molar-refractivity contribution in [3.05, 3.63) is 77.6 Å². The van der Waals surface area contributed by atoms with Crippen LogP contribution in [0.3, 0.4) is 0 Å². The first-order chi connectivity index (χ1) is 16.1. The van der Waals surface area contributed by atoms with Gasteiger partial charge in [-0.3, -0.25) is 14.3 Å². The van der Waals surface area contributed by atoms with E-state index >= 15 is 0 Å². The summed E-state index contributed by atoms with van der Waals surface area (Å²) in [6.45, 7) is 4.40. The van der Waals surface area contributed by atoms with Crippen molar-refractivity contribution >= 4 is 35.0 Å². The van der Waals surface area contributed by atoms with E-state index in [-0.39, 0.29) is 11.7 Å². The first-order valence-electron chi connectivity index (χ1n) is 10.3. The molecular formula is C24H22ClN5O2S. The fourth-order valence-corrected chi connectivity index (χ4v) is 4.12. The van der Waals surface area contributed by atoms with Gasteiger partial charge in [0.1, 0.15) is 5.75 Å². The number of amides is 1. The van der Waals surface area contributed by atoms with Crippen molar-refractivity contribution in [1.82, 2.24) is 19.7 Å². The molecule has 33 heavy (non-hydrogen) atoms. The molecule has 0 unspecified atom stereocenters. The van der Waals surface area contributed by atoms with Crippen molar-refractivity contribution in [2.75, 3.05) is 17.7 Å². The summed E-state index contributed by atoms with van der Waals surface area (Å²) >= 11 is 7.46. The second-order valence-electron chi connectivity index (χ2n) is 7.06. The standard InChI is InChI=1S/C24H22ClN5O2S/c1-3-32-19-11-9-18(10-12-19)30-23(17-6-5-13-26-14-17)28-29-24(30)33-15-22(31)27-21-8-4-7-20(25)16(21)2/h4-14H,3,15H2,1-2H3,(H,27,31). The van der Waals surface area contributed by atoms with E-state index in [9.17, 15) is 4.79 Å². The Bertz CT molecular complexity index is 1250. The zero-order valence-electron chi connectivity index (χ0n) is 18.2. The molecule has 0 atom stereocenters. The van der Waals surface area contributed by atoms with Gasteiger partial charge >= 0.3 is 0 Å². The van der Waals surface area contributed by atoms with Gasteiger partial charge in [-0.05, 0) is 67.9 Å². The van der Waals surface area contributed by atoms with Crippen LogP contribution in [0.4, 0.5) is 5.69 Å². The number of halogens is 1. The number of ether oxygens (including phenoxy) is 1. The Labute approximate surface area is 201 Å². The van der Waals surface area contributed by atoms with Gasteiger partial charge in [-0.1, -0.05) is 29.4 Å². The van der Waals surface area contributed by atoms with Crippen LogP contribution in [-0.2, 0) is 4.79 Å². The van der Waals surface area contributed by atoms with E-state index in [1.54, 1.807) is 24.5 Å². The van der Waals surface area contributed by atoms with Gasteiger partial charge in [0.15, 0.2) is 11.0 Å². The largest absolute Gasteiger partial charge is 0.494 e. The highest BCUT2D eigenvalue weighted by Crippen LogP contribution is 2.29. The fourth-order valence-electron chi connectivity index (χ4n) is 3.20. The van der Waals surface area contributed by atoms with Crippen molar-refractivity contribution in [3.8, 4) is 22.8 Å². The van der Waals surface area contributed by atoms with E-state index in [0.717, 1.165) is 22.6 Å². The summed E-state index contributed by atoms with van der Waals surface area (Å²) in [5, 5.41) is 12.8. The van der Waals surface area contributed by atoms with Crippen LogP contribution < -0.4 is 10.1 Å². The van der Waals surface area contributed by atoms with Crippen molar-refractivity contribution in [2.24, 2.45) is 0 Å². The summed E-state index contributed by atoms with van der Waals surface area (Å²) in [6.07, 6.45) is 3.44. The average molecular weight is 480 g/mol. The van der Waals surface area contributed by atoms with Crippen molar-refractivity contribution in [1.29, 1.82) is 0 Å². The van der Waals surface area contributed by atoms with Gasteiger partial charge in [-0.25, -0.2) is 0 Å². The number of hydrogen-bond acceptors (Lipinski definition) is 6. The Morgan fingerprint density at radius 1 is 1.12 bits per heavy atom. The molecule has 1 amide bonds. The number of nitrogens with one attached hydrogen (secondary N) is 1. The van der Waals surface area contributed by atoms with Crippen LogP contribution in [0.15, 0.2) is 72.1 Å². The zero-order valence-corrected chi connectivity index (χ0v) is 19.7. The highest BCUT2D eigenvalue weighted by molar-refractivity contribution is 7.99. The lowest BCUT2D eigenvalue weighted by Crippen LogP contribution is -2.15. The van der Waals surface area contributed by atoms with Gasteiger partial charge in [0.25, 0.3) is 0 Å². The predicted octanol–water partition coefficient (Wildman–Crippen LogP) is 5.42. The lowest BCUT2D eigenvalue weighted by atomic mass is 10.2. The molecule has 0 fully saturated rings. The van der Waals surface area contributed by atoms with Crippen LogP contribution in [0, 0.1) is 6.92 Å². The Kier molecular flexibility index (Phi) is 7.26. The molecule has 0 bridgehead atoms. The highest BCUT2D eigenvalue weighted by Gasteiger charge is 2.18. The lowest BCUT2D eigenvalue weighted by Gasteiger charge is -2.12. The maximum atomic E-state index is 12.6. The van der Waals surface area contributed by atoms with Crippen molar-refractivity contribution in [2.45, 2.75) is 19.0 Å². The summed E-state index contributed by atoms with van der Waals surface area (Å²) in [4.78, 5) is 16.8. The number of pyridine rings is 1. The average Bonchev–Trinajstić information content (AvgIpc) is 3.26. The van der Waals surface area contributed by atoms with E-state index < -0.39 is 0 Å². The van der Waals surface area contributed by atoms with Crippen LogP contribution >= 0.6 is 23.4 Å². The third-order valence-corrected chi connectivity index (χ3v) is 6.17. The molecule has 0 saturated heterocycles. The first kappa shape index (κ1) is 22.8. The van der Waals surface area contributed by atoms with Gasteiger partial charge < -0.3 is 10.1 Å². The van der Waals surface area contributed by atoms with Gasteiger partial charge in [-0.15, -0.1) is 10.2 Å². The van der Waals surface area contributed by atoms with E-state index in [1.807, 2.05) is 60.9 Å². The number of carbonyl (C=O) groups is 1.